The number of carbonyl (C=O) groups excluding carboxylic acids is 1. The monoisotopic (exact) mass is 333 g/mol. The molecule has 2 fully saturated rings. The van der Waals surface area contributed by atoms with E-state index in [1.807, 2.05) is 32.0 Å². The fraction of sp³-hybridized carbons (Fsp3) is 0.706. The zero-order valence-corrected chi connectivity index (χ0v) is 14.7. The topological polar surface area (TPSA) is 79.4 Å². The third-order valence-electron chi connectivity index (χ3n) is 4.61. The number of anilines is 2. The van der Waals surface area contributed by atoms with E-state index in [0.717, 1.165) is 25.1 Å². The summed E-state index contributed by atoms with van der Waals surface area (Å²) in [6, 6.07) is 1.74. The van der Waals surface area contributed by atoms with Crippen molar-refractivity contribution in [3.05, 3.63) is 11.8 Å². The summed E-state index contributed by atoms with van der Waals surface area (Å²) in [6.07, 6.45) is 5.81. The molecule has 2 N–H and O–H groups in total. The standard InChI is InChI=1S/C17H27N5O2/c1-11-10-13(16(21-20-11)22(2)3)18-17(23)19-15(12-7-8-12)14-6-4-5-9-24-14/h10,12,14-15H,4-9H2,1-3H3,(H2,18,19,20,23). The van der Waals surface area contributed by atoms with E-state index in [1.165, 1.54) is 19.3 Å². The van der Waals surface area contributed by atoms with Gasteiger partial charge in [-0.2, -0.15) is 5.10 Å². The van der Waals surface area contributed by atoms with Crippen molar-refractivity contribution >= 4 is 17.5 Å². The van der Waals surface area contributed by atoms with E-state index in [4.69, 9.17) is 4.74 Å². The van der Waals surface area contributed by atoms with Crippen LogP contribution in [0.5, 0.6) is 0 Å². The first kappa shape index (κ1) is 17.0. The van der Waals surface area contributed by atoms with E-state index in [0.29, 0.717) is 17.4 Å². The number of hydrogen-bond acceptors (Lipinski definition) is 5. The molecule has 0 radical (unpaired) electrons. The molecule has 1 aromatic heterocycles. The molecule has 7 heteroatoms. The summed E-state index contributed by atoms with van der Waals surface area (Å²) in [6.45, 7) is 2.66. The van der Waals surface area contributed by atoms with E-state index in [2.05, 4.69) is 20.8 Å². The first-order valence-corrected chi connectivity index (χ1v) is 8.75. The normalized spacial score (nSPS) is 21.9. The number of rotatable bonds is 5. The van der Waals surface area contributed by atoms with Crippen LogP contribution < -0.4 is 15.5 Å². The number of nitrogens with zero attached hydrogens (tertiary/aromatic N) is 3. The lowest BCUT2D eigenvalue weighted by atomic mass is 9.98. The Bertz CT molecular complexity index is 582. The van der Waals surface area contributed by atoms with Gasteiger partial charge in [0.2, 0.25) is 0 Å². The molecule has 0 bridgehead atoms. The van der Waals surface area contributed by atoms with Gasteiger partial charge in [0.1, 0.15) is 0 Å². The van der Waals surface area contributed by atoms with Gasteiger partial charge in [0.05, 0.1) is 23.5 Å². The van der Waals surface area contributed by atoms with Gasteiger partial charge in [-0.1, -0.05) is 0 Å². The molecule has 1 aliphatic heterocycles. The van der Waals surface area contributed by atoms with Crippen molar-refractivity contribution in [1.29, 1.82) is 0 Å². The highest BCUT2D eigenvalue weighted by Gasteiger charge is 2.38. The van der Waals surface area contributed by atoms with Crippen LogP contribution in [0.15, 0.2) is 6.07 Å². The summed E-state index contributed by atoms with van der Waals surface area (Å²) >= 11 is 0. The molecular formula is C17H27N5O2. The number of ether oxygens (including phenoxy) is 1. The number of aryl methyl sites for hydroxylation is 1. The summed E-state index contributed by atoms with van der Waals surface area (Å²) in [4.78, 5) is 14.4. The Morgan fingerprint density at radius 2 is 2.08 bits per heavy atom. The lowest BCUT2D eigenvalue weighted by molar-refractivity contribution is -0.00940. The van der Waals surface area contributed by atoms with Crippen LogP contribution in [0.3, 0.4) is 0 Å². The fourth-order valence-corrected chi connectivity index (χ4v) is 3.23. The number of urea groups is 1. The van der Waals surface area contributed by atoms with Crippen molar-refractivity contribution in [2.45, 2.75) is 51.2 Å². The maximum atomic E-state index is 12.5. The number of carbonyl (C=O) groups is 1. The zero-order valence-electron chi connectivity index (χ0n) is 14.7. The van der Waals surface area contributed by atoms with Crippen molar-refractivity contribution in [3.8, 4) is 0 Å². The second-order valence-corrected chi connectivity index (χ2v) is 6.98. The zero-order chi connectivity index (χ0) is 17.1. The van der Waals surface area contributed by atoms with Crippen LogP contribution in [0.1, 0.15) is 37.8 Å². The Morgan fingerprint density at radius 3 is 2.71 bits per heavy atom. The number of aromatic nitrogens is 2. The Morgan fingerprint density at radius 1 is 1.29 bits per heavy atom. The SMILES string of the molecule is Cc1cc(NC(=O)NC(C2CC2)C2CCCCO2)c(N(C)C)nn1. The van der Waals surface area contributed by atoms with Gasteiger partial charge in [-0.05, 0) is 51.0 Å². The molecule has 1 saturated heterocycles. The largest absolute Gasteiger partial charge is 0.376 e. The molecule has 2 aliphatic rings. The maximum Gasteiger partial charge on any atom is 0.319 e. The van der Waals surface area contributed by atoms with Gasteiger partial charge in [-0.3, -0.25) is 0 Å². The average Bonchev–Trinajstić information content (AvgIpc) is 3.38. The van der Waals surface area contributed by atoms with Gasteiger partial charge in [-0.25, -0.2) is 4.79 Å². The van der Waals surface area contributed by atoms with Gasteiger partial charge in [0.25, 0.3) is 0 Å². The molecule has 1 aliphatic carbocycles. The predicted octanol–water partition coefficient (Wildman–Crippen LogP) is 2.32. The maximum absolute atomic E-state index is 12.5. The molecule has 2 unspecified atom stereocenters. The molecule has 3 rings (SSSR count). The summed E-state index contributed by atoms with van der Waals surface area (Å²) < 4.78 is 5.90. The molecule has 1 aromatic rings. The molecule has 0 spiro atoms. The van der Waals surface area contributed by atoms with Crippen molar-refractivity contribution in [2.24, 2.45) is 5.92 Å². The van der Waals surface area contributed by atoms with Gasteiger partial charge in [0, 0.05) is 20.7 Å². The second-order valence-electron chi connectivity index (χ2n) is 6.98. The first-order valence-electron chi connectivity index (χ1n) is 8.75. The highest BCUT2D eigenvalue weighted by molar-refractivity contribution is 5.92. The molecule has 24 heavy (non-hydrogen) atoms. The molecule has 7 nitrogen and oxygen atoms in total. The average molecular weight is 333 g/mol. The smallest absolute Gasteiger partial charge is 0.319 e. The van der Waals surface area contributed by atoms with Gasteiger partial charge < -0.3 is 20.3 Å². The van der Waals surface area contributed by atoms with Crippen LogP contribution in [-0.2, 0) is 4.74 Å². The van der Waals surface area contributed by atoms with Crippen LogP contribution in [0.2, 0.25) is 0 Å². The highest BCUT2D eigenvalue weighted by atomic mass is 16.5. The van der Waals surface area contributed by atoms with Crippen molar-refractivity contribution in [2.75, 3.05) is 30.9 Å². The molecule has 2 atom stereocenters. The summed E-state index contributed by atoms with van der Waals surface area (Å²) in [5.41, 5.74) is 1.44. The molecule has 0 aromatic carbocycles. The number of amides is 2. The lowest BCUT2D eigenvalue weighted by Crippen LogP contribution is -2.48. The van der Waals surface area contributed by atoms with E-state index >= 15 is 0 Å². The number of nitrogens with one attached hydrogen (secondary N) is 2. The first-order chi connectivity index (χ1) is 11.5. The minimum Gasteiger partial charge on any atom is -0.376 e. The van der Waals surface area contributed by atoms with Gasteiger partial charge >= 0.3 is 6.03 Å². The third kappa shape index (κ3) is 4.14. The van der Waals surface area contributed by atoms with Crippen LogP contribution in [-0.4, -0.2) is 49.1 Å². The van der Waals surface area contributed by atoms with E-state index in [1.54, 1.807) is 0 Å². The van der Waals surface area contributed by atoms with E-state index in [9.17, 15) is 4.79 Å². The highest BCUT2D eigenvalue weighted by Crippen LogP contribution is 2.36. The Kier molecular flexibility index (Phi) is 5.18. The van der Waals surface area contributed by atoms with Crippen molar-refractivity contribution in [1.82, 2.24) is 15.5 Å². The second kappa shape index (κ2) is 7.34. The molecule has 1 saturated carbocycles. The molecule has 2 amide bonds. The molecular weight excluding hydrogens is 306 g/mol. The third-order valence-corrected chi connectivity index (χ3v) is 4.61. The minimum atomic E-state index is -0.198. The van der Waals surface area contributed by atoms with Crippen LogP contribution >= 0.6 is 0 Å². The van der Waals surface area contributed by atoms with Gasteiger partial charge in [-0.15, -0.1) is 5.10 Å². The summed E-state index contributed by atoms with van der Waals surface area (Å²) in [5.74, 6) is 1.19. The Hall–Kier alpha value is -1.89. The Balaban J connectivity index is 1.67. The lowest BCUT2D eigenvalue weighted by Gasteiger charge is -2.31. The van der Waals surface area contributed by atoms with E-state index < -0.39 is 0 Å². The van der Waals surface area contributed by atoms with Crippen molar-refractivity contribution < 1.29 is 9.53 Å². The predicted molar refractivity (Wildman–Crippen MR) is 93.4 cm³/mol. The van der Waals surface area contributed by atoms with Crippen LogP contribution in [0.4, 0.5) is 16.3 Å². The van der Waals surface area contributed by atoms with Crippen molar-refractivity contribution in [3.63, 3.8) is 0 Å². The minimum absolute atomic E-state index is 0.101. The number of hydrogen-bond donors (Lipinski definition) is 2. The quantitative estimate of drug-likeness (QED) is 0.864. The Labute approximate surface area is 143 Å². The van der Waals surface area contributed by atoms with E-state index in [-0.39, 0.29) is 18.2 Å². The van der Waals surface area contributed by atoms with Crippen LogP contribution in [0.25, 0.3) is 0 Å². The van der Waals surface area contributed by atoms with Gasteiger partial charge in [0.15, 0.2) is 5.82 Å². The fourth-order valence-electron chi connectivity index (χ4n) is 3.23. The summed E-state index contributed by atoms with van der Waals surface area (Å²) in [7, 11) is 3.76. The summed E-state index contributed by atoms with van der Waals surface area (Å²) in [5, 5.41) is 14.3. The molecule has 132 valence electrons. The molecule has 2 heterocycles. The van der Waals surface area contributed by atoms with Crippen LogP contribution in [0, 0.1) is 12.8 Å².